The van der Waals surface area contributed by atoms with Crippen molar-refractivity contribution in [3.8, 4) is 0 Å². The number of carbonyl (C=O) groups is 1. The topological polar surface area (TPSA) is 53.5 Å². The van der Waals surface area contributed by atoms with E-state index in [-0.39, 0.29) is 10.6 Å². The number of hydrogen-bond donors (Lipinski definition) is 3. The molecule has 1 amide bonds. The molecule has 1 aromatic rings. The number of allylic oxidation sites excluding steroid dienone is 2. The van der Waals surface area contributed by atoms with Gasteiger partial charge in [-0.1, -0.05) is 41.0 Å². The fourth-order valence-corrected chi connectivity index (χ4v) is 4.74. The van der Waals surface area contributed by atoms with Crippen molar-refractivity contribution in [3.63, 3.8) is 0 Å². The lowest BCUT2D eigenvalue weighted by molar-refractivity contribution is -0.116. The number of thiol groups is 1. The first-order valence-electron chi connectivity index (χ1n) is 7.33. The summed E-state index contributed by atoms with van der Waals surface area (Å²) < 4.78 is -0.202. The Balaban J connectivity index is 1.66. The molecule has 0 bridgehead atoms. The summed E-state index contributed by atoms with van der Waals surface area (Å²) in [6.45, 7) is 1.99. The molecule has 132 valence electrons. The number of carbonyl (C=O) groups excluding carboxylic acids is 1. The highest BCUT2D eigenvalue weighted by Crippen LogP contribution is 2.34. The van der Waals surface area contributed by atoms with Gasteiger partial charge in [0, 0.05) is 17.7 Å². The molecule has 0 aliphatic carbocycles. The lowest BCUT2D eigenvalue weighted by Crippen LogP contribution is -2.38. The van der Waals surface area contributed by atoms with E-state index in [0.29, 0.717) is 15.0 Å². The maximum atomic E-state index is 11.8. The molecule has 0 aromatic heterocycles. The SMILES string of the molecule is CC1(SCc2ccc(Cl)c(Cl)c2)N=CC=C(/C=C2\SC(S)NC2=O)N1. The van der Waals surface area contributed by atoms with Gasteiger partial charge >= 0.3 is 0 Å². The Hall–Kier alpha value is -0.730. The standard InChI is InChI=1S/C16H15Cl2N3OS3/c1-16(24-8-9-2-3-11(17)12(18)6-9)19-5-4-10(21-16)7-13-14(22)20-15(23)25-13/h2-7,15,21,23H,8H2,1H3,(H,20,22)/b13-7-. The van der Waals surface area contributed by atoms with Crippen LogP contribution in [-0.4, -0.2) is 21.8 Å². The number of thioether (sulfide) groups is 2. The quantitative estimate of drug-likeness (QED) is 0.487. The Morgan fingerprint density at radius 1 is 1.44 bits per heavy atom. The Kier molecular flexibility index (Phi) is 6.00. The van der Waals surface area contributed by atoms with E-state index in [0.717, 1.165) is 17.0 Å². The average molecular weight is 432 g/mol. The van der Waals surface area contributed by atoms with Crippen LogP contribution in [0.3, 0.4) is 0 Å². The number of halogens is 2. The largest absolute Gasteiger partial charge is 0.353 e. The highest BCUT2D eigenvalue weighted by atomic mass is 35.5. The molecular weight excluding hydrogens is 417 g/mol. The summed E-state index contributed by atoms with van der Waals surface area (Å²) in [6.07, 6.45) is 5.41. The monoisotopic (exact) mass is 431 g/mol. The summed E-state index contributed by atoms with van der Waals surface area (Å²) in [7, 11) is 0. The Labute approximate surface area is 170 Å². The highest BCUT2D eigenvalue weighted by molar-refractivity contribution is 8.14. The first kappa shape index (κ1) is 19.0. The minimum Gasteiger partial charge on any atom is -0.353 e. The molecule has 0 spiro atoms. The van der Waals surface area contributed by atoms with Gasteiger partial charge in [0.1, 0.15) is 4.71 Å². The van der Waals surface area contributed by atoms with Crippen molar-refractivity contribution >= 4 is 71.5 Å². The molecule has 2 atom stereocenters. The highest BCUT2D eigenvalue weighted by Gasteiger charge is 2.28. The number of nitrogens with zero attached hydrogens (tertiary/aromatic N) is 1. The Morgan fingerprint density at radius 2 is 2.24 bits per heavy atom. The van der Waals surface area contributed by atoms with Crippen LogP contribution in [0.2, 0.25) is 10.0 Å². The first-order chi connectivity index (χ1) is 11.8. The fraction of sp³-hybridized carbons (Fsp3) is 0.250. The van der Waals surface area contributed by atoms with E-state index in [9.17, 15) is 4.79 Å². The third-order valence-corrected chi connectivity index (χ3v) is 6.79. The fourth-order valence-electron chi connectivity index (χ4n) is 2.24. The molecule has 2 aliphatic heterocycles. The molecule has 25 heavy (non-hydrogen) atoms. The molecule has 9 heteroatoms. The number of hydrogen-bond acceptors (Lipinski definition) is 6. The minimum absolute atomic E-state index is 0.111. The van der Waals surface area contributed by atoms with Crippen molar-refractivity contribution < 1.29 is 4.79 Å². The Morgan fingerprint density at radius 3 is 2.92 bits per heavy atom. The van der Waals surface area contributed by atoms with Gasteiger partial charge in [0.25, 0.3) is 5.91 Å². The summed E-state index contributed by atoms with van der Waals surface area (Å²) in [5.41, 5.74) is 1.90. The van der Waals surface area contributed by atoms with E-state index >= 15 is 0 Å². The zero-order valence-electron chi connectivity index (χ0n) is 13.1. The van der Waals surface area contributed by atoms with Crippen molar-refractivity contribution in [1.29, 1.82) is 0 Å². The van der Waals surface area contributed by atoms with Crippen LogP contribution in [-0.2, 0) is 10.5 Å². The minimum atomic E-state index is -0.534. The van der Waals surface area contributed by atoms with Gasteiger partial charge in [0.05, 0.1) is 15.0 Å². The van der Waals surface area contributed by atoms with E-state index in [1.807, 2.05) is 31.2 Å². The normalized spacial score (nSPS) is 27.2. The van der Waals surface area contributed by atoms with Gasteiger partial charge in [-0.3, -0.25) is 9.79 Å². The van der Waals surface area contributed by atoms with Crippen LogP contribution in [0.4, 0.5) is 0 Å². The second-order valence-corrected chi connectivity index (χ2v) is 9.70. The summed E-state index contributed by atoms with van der Waals surface area (Å²) in [4.78, 5) is 16.4. The summed E-state index contributed by atoms with van der Waals surface area (Å²) in [6, 6.07) is 5.60. The van der Waals surface area contributed by atoms with Gasteiger partial charge in [-0.25, -0.2) is 0 Å². The number of amides is 1. The van der Waals surface area contributed by atoms with Crippen LogP contribution >= 0.6 is 59.4 Å². The molecule has 2 aliphatic rings. The van der Waals surface area contributed by atoms with Crippen molar-refractivity contribution in [1.82, 2.24) is 10.6 Å². The van der Waals surface area contributed by atoms with E-state index in [1.54, 1.807) is 24.0 Å². The second kappa shape index (κ2) is 7.88. The zero-order chi connectivity index (χ0) is 18.0. The second-order valence-electron chi connectivity index (χ2n) is 5.50. The van der Waals surface area contributed by atoms with E-state index in [2.05, 4.69) is 28.3 Å². The van der Waals surface area contributed by atoms with Crippen molar-refractivity contribution in [3.05, 3.63) is 56.6 Å². The lowest BCUT2D eigenvalue weighted by atomic mass is 10.2. The molecular formula is C16H15Cl2N3OS3. The number of nitrogens with one attached hydrogen (secondary N) is 2. The predicted molar refractivity (Wildman–Crippen MR) is 112 cm³/mol. The molecule has 1 fully saturated rings. The van der Waals surface area contributed by atoms with Gasteiger partial charge in [0.2, 0.25) is 0 Å². The van der Waals surface area contributed by atoms with Gasteiger partial charge in [-0.05, 0) is 36.8 Å². The molecule has 0 saturated carbocycles. The third-order valence-electron chi connectivity index (χ3n) is 3.46. The smallest absolute Gasteiger partial charge is 0.259 e. The van der Waals surface area contributed by atoms with Gasteiger partial charge in [-0.2, -0.15) is 0 Å². The molecule has 2 N–H and O–H groups in total. The van der Waals surface area contributed by atoms with Gasteiger partial charge in [-0.15, -0.1) is 24.4 Å². The van der Waals surface area contributed by atoms with Gasteiger partial charge < -0.3 is 10.6 Å². The van der Waals surface area contributed by atoms with E-state index in [1.165, 1.54) is 11.8 Å². The van der Waals surface area contributed by atoms with Crippen LogP contribution in [0, 0.1) is 0 Å². The number of rotatable bonds is 4. The average Bonchev–Trinajstić information content (AvgIpc) is 2.86. The lowest BCUT2D eigenvalue weighted by Gasteiger charge is -2.30. The van der Waals surface area contributed by atoms with Crippen molar-refractivity contribution in [2.45, 2.75) is 22.4 Å². The van der Waals surface area contributed by atoms with Gasteiger partial charge in [0.15, 0.2) is 4.99 Å². The Bertz CT molecular complexity index is 797. The zero-order valence-corrected chi connectivity index (χ0v) is 17.2. The van der Waals surface area contributed by atoms with Crippen molar-refractivity contribution in [2.24, 2.45) is 4.99 Å². The molecule has 1 saturated heterocycles. The summed E-state index contributed by atoms with van der Waals surface area (Å²) >= 11 is 19.3. The molecule has 4 nitrogen and oxygen atoms in total. The molecule has 0 radical (unpaired) electrons. The number of aliphatic imine (C=N–C) groups is 1. The summed E-state index contributed by atoms with van der Waals surface area (Å²) in [5.74, 6) is 0.607. The van der Waals surface area contributed by atoms with Crippen LogP contribution in [0.25, 0.3) is 0 Å². The summed E-state index contributed by atoms with van der Waals surface area (Å²) in [5, 5.41) is 7.18. The van der Waals surface area contributed by atoms with Crippen LogP contribution in [0.5, 0.6) is 0 Å². The van der Waals surface area contributed by atoms with Crippen LogP contribution < -0.4 is 10.6 Å². The number of benzene rings is 1. The maximum Gasteiger partial charge on any atom is 0.259 e. The van der Waals surface area contributed by atoms with Crippen LogP contribution in [0.15, 0.2) is 45.9 Å². The third kappa shape index (κ3) is 4.92. The molecule has 2 heterocycles. The predicted octanol–water partition coefficient (Wildman–Crippen LogP) is 4.42. The molecule has 2 unspecified atom stereocenters. The maximum absolute atomic E-state index is 11.8. The van der Waals surface area contributed by atoms with Crippen LogP contribution in [0.1, 0.15) is 12.5 Å². The first-order valence-corrected chi connectivity index (χ1v) is 10.5. The van der Waals surface area contributed by atoms with E-state index < -0.39 is 4.99 Å². The van der Waals surface area contributed by atoms with E-state index in [4.69, 9.17) is 23.2 Å². The van der Waals surface area contributed by atoms with Crippen molar-refractivity contribution in [2.75, 3.05) is 0 Å². The molecule has 3 rings (SSSR count). The molecule has 1 aromatic carbocycles.